The number of primary amides is 1. The number of hydrogen-bond donors (Lipinski definition) is 3. The second-order valence-electron chi connectivity index (χ2n) is 1.26. The first-order valence-electron chi connectivity index (χ1n) is 2.08. The molecule has 0 fully saturated rings. The second kappa shape index (κ2) is 3.05. The molecule has 0 aliphatic heterocycles. The molecule has 0 aromatic heterocycles. The van der Waals surface area contributed by atoms with Crippen molar-refractivity contribution in [3.63, 3.8) is 0 Å². The summed E-state index contributed by atoms with van der Waals surface area (Å²) in [6.45, 7) is 0. The Labute approximate surface area is 61.2 Å². The molecule has 0 radical (unpaired) electrons. The zero-order valence-corrected chi connectivity index (χ0v) is 5.79. The lowest BCUT2D eigenvalue weighted by Gasteiger charge is -1.99. The number of rotatable bonds is 2. The van der Waals surface area contributed by atoms with Crippen LogP contribution >= 0.6 is 0 Å². The van der Waals surface area contributed by atoms with E-state index in [9.17, 15) is 18.0 Å². The average molecular weight is 184 g/mol. The molecule has 0 aromatic carbocycles. The molecule has 64 valence electrons. The van der Waals surface area contributed by atoms with Gasteiger partial charge in [-0.2, -0.15) is 13.1 Å². The van der Waals surface area contributed by atoms with Crippen LogP contribution in [-0.2, 0) is 14.5 Å². The van der Waals surface area contributed by atoms with Crippen LogP contribution in [0.3, 0.4) is 0 Å². The Morgan fingerprint density at radius 2 is 1.91 bits per heavy atom. The van der Waals surface area contributed by atoms with Crippen LogP contribution in [0.5, 0.6) is 0 Å². The third-order valence-corrected chi connectivity index (χ3v) is 1.21. The van der Waals surface area contributed by atoms with Gasteiger partial charge in [-0.05, 0) is 0 Å². The molecule has 8 nitrogen and oxygen atoms in total. The highest BCUT2D eigenvalue weighted by Crippen LogP contribution is 1.85. The molecule has 0 heterocycles. The maximum absolute atomic E-state index is 10.2. The van der Waals surface area contributed by atoms with Gasteiger partial charge in [0.25, 0.3) is 0 Å². The van der Waals surface area contributed by atoms with E-state index < -0.39 is 22.5 Å². The minimum atomic E-state index is -4.60. The summed E-state index contributed by atoms with van der Waals surface area (Å²) in [6.07, 6.45) is -3.48. The summed E-state index contributed by atoms with van der Waals surface area (Å²) in [5.74, 6) is 0. The molecule has 0 saturated carbocycles. The van der Waals surface area contributed by atoms with Gasteiger partial charge in [-0.25, -0.2) is 9.59 Å². The van der Waals surface area contributed by atoms with Crippen molar-refractivity contribution in [3.8, 4) is 0 Å². The van der Waals surface area contributed by atoms with E-state index in [0.717, 1.165) is 4.72 Å². The molecule has 0 aliphatic carbocycles. The van der Waals surface area contributed by atoms with Crippen LogP contribution in [-0.4, -0.2) is 25.7 Å². The van der Waals surface area contributed by atoms with Gasteiger partial charge in [-0.3, -0.25) is 0 Å². The van der Waals surface area contributed by atoms with E-state index in [1.807, 2.05) is 0 Å². The maximum atomic E-state index is 10.2. The Bertz CT molecular complexity index is 244. The third kappa shape index (κ3) is 4.96. The summed E-state index contributed by atoms with van der Waals surface area (Å²) >= 11 is 0. The summed E-state index contributed by atoms with van der Waals surface area (Å²) in [7, 11) is -4.60. The van der Waals surface area contributed by atoms with Crippen molar-refractivity contribution >= 4 is 22.5 Å². The maximum Gasteiger partial charge on any atom is 0.421 e. The fourth-order valence-electron chi connectivity index (χ4n) is 0.236. The number of carbonyl (C=O) groups is 2. The van der Waals surface area contributed by atoms with Crippen molar-refractivity contribution in [3.05, 3.63) is 0 Å². The first-order valence-corrected chi connectivity index (χ1v) is 3.49. The summed E-state index contributed by atoms with van der Waals surface area (Å²) in [5, 5.41) is 7.84. The number of carbonyl (C=O) groups excluding carboxylic acids is 1. The highest BCUT2D eigenvalue weighted by Gasteiger charge is 2.16. The topological polar surface area (TPSA) is 136 Å². The summed E-state index contributed by atoms with van der Waals surface area (Å²) in [6, 6.07) is 0. The SMILES string of the molecule is NC(=O)OS(=O)(=O)NC(=O)O. The van der Waals surface area contributed by atoms with E-state index >= 15 is 0 Å². The quantitative estimate of drug-likeness (QED) is 0.482. The minimum Gasteiger partial charge on any atom is -0.464 e. The van der Waals surface area contributed by atoms with Crippen LogP contribution in [0.15, 0.2) is 0 Å². The van der Waals surface area contributed by atoms with Crippen LogP contribution in [0.2, 0.25) is 0 Å². The van der Waals surface area contributed by atoms with E-state index in [1.165, 1.54) is 0 Å². The molecule has 0 rings (SSSR count). The van der Waals surface area contributed by atoms with Crippen molar-refractivity contribution in [2.24, 2.45) is 5.73 Å². The Hall–Kier alpha value is -1.51. The molecular weight excluding hydrogens is 180 g/mol. The largest absolute Gasteiger partial charge is 0.464 e. The Morgan fingerprint density at radius 1 is 1.45 bits per heavy atom. The predicted molar refractivity (Wildman–Crippen MR) is 30.7 cm³/mol. The summed E-state index contributed by atoms with van der Waals surface area (Å²) < 4.78 is 24.8. The van der Waals surface area contributed by atoms with Crippen molar-refractivity contribution < 1.29 is 27.3 Å². The molecule has 0 bridgehead atoms. The third-order valence-electron chi connectivity index (χ3n) is 0.404. The van der Waals surface area contributed by atoms with Gasteiger partial charge in [-0.15, -0.1) is 0 Å². The summed E-state index contributed by atoms with van der Waals surface area (Å²) in [4.78, 5) is 19.5. The van der Waals surface area contributed by atoms with Gasteiger partial charge < -0.3 is 15.0 Å². The smallest absolute Gasteiger partial charge is 0.421 e. The van der Waals surface area contributed by atoms with E-state index in [0.29, 0.717) is 0 Å². The molecule has 4 N–H and O–H groups in total. The van der Waals surface area contributed by atoms with Gasteiger partial charge in [0.15, 0.2) is 0 Å². The Balaban J connectivity index is 4.25. The standard InChI is InChI=1S/C2H4N2O6S/c3-1(5)10-11(8,9)4-2(6)7/h4H,(H2,3,5)(H,6,7). The molecule has 2 amide bonds. The molecule has 0 unspecified atom stereocenters. The van der Waals surface area contributed by atoms with Crippen LogP contribution < -0.4 is 10.5 Å². The van der Waals surface area contributed by atoms with Crippen molar-refractivity contribution in [1.82, 2.24) is 4.72 Å². The van der Waals surface area contributed by atoms with Gasteiger partial charge in [0.2, 0.25) is 0 Å². The average Bonchev–Trinajstić information content (AvgIpc) is 1.53. The first-order chi connectivity index (χ1) is 4.83. The molecular formula is C2H4N2O6S. The highest BCUT2D eigenvalue weighted by molar-refractivity contribution is 7.85. The van der Waals surface area contributed by atoms with Crippen molar-refractivity contribution in [2.45, 2.75) is 0 Å². The fourth-order valence-corrected chi connectivity index (χ4v) is 0.708. The first kappa shape index (κ1) is 9.49. The fraction of sp³-hybridized carbons (Fsp3) is 0. The van der Waals surface area contributed by atoms with Crippen LogP contribution in [0, 0.1) is 0 Å². The number of amides is 2. The van der Waals surface area contributed by atoms with E-state index in [-0.39, 0.29) is 0 Å². The lowest BCUT2D eigenvalue weighted by Crippen LogP contribution is -2.33. The Morgan fingerprint density at radius 3 is 2.18 bits per heavy atom. The zero-order chi connectivity index (χ0) is 9.07. The molecule has 0 saturated heterocycles. The molecule has 0 spiro atoms. The van der Waals surface area contributed by atoms with E-state index in [1.54, 1.807) is 0 Å². The van der Waals surface area contributed by atoms with E-state index in [4.69, 9.17) is 5.11 Å². The van der Waals surface area contributed by atoms with Gasteiger partial charge in [0, 0.05) is 0 Å². The summed E-state index contributed by atoms with van der Waals surface area (Å²) in [5.41, 5.74) is 4.28. The normalized spacial score (nSPS) is 10.2. The van der Waals surface area contributed by atoms with Crippen LogP contribution in [0.1, 0.15) is 0 Å². The molecule has 11 heavy (non-hydrogen) atoms. The highest BCUT2D eigenvalue weighted by atomic mass is 32.2. The number of nitrogens with one attached hydrogen (secondary N) is 1. The van der Waals surface area contributed by atoms with Gasteiger partial charge in [0.1, 0.15) is 0 Å². The lowest BCUT2D eigenvalue weighted by molar-refractivity contribution is 0.197. The Kier molecular flexibility index (Phi) is 2.63. The molecule has 0 aromatic rings. The molecule has 9 heteroatoms. The lowest BCUT2D eigenvalue weighted by atomic mass is 11.3. The van der Waals surface area contributed by atoms with Crippen LogP contribution in [0.4, 0.5) is 9.59 Å². The molecule has 0 atom stereocenters. The van der Waals surface area contributed by atoms with Crippen LogP contribution in [0.25, 0.3) is 0 Å². The molecule has 0 aliphatic rings. The second-order valence-corrected chi connectivity index (χ2v) is 2.54. The number of carboxylic acid groups (broad SMARTS) is 1. The van der Waals surface area contributed by atoms with Gasteiger partial charge >= 0.3 is 22.5 Å². The van der Waals surface area contributed by atoms with Crippen molar-refractivity contribution in [2.75, 3.05) is 0 Å². The van der Waals surface area contributed by atoms with Gasteiger partial charge in [0.05, 0.1) is 0 Å². The minimum absolute atomic E-state index is 0.916. The number of nitrogens with two attached hydrogens (primary N) is 1. The predicted octanol–water partition coefficient (Wildman–Crippen LogP) is -1.41. The van der Waals surface area contributed by atoms with Crippen molar-refractivity contribution in [1.29, 1.82) is 0 Å². The van der Waals surface area contributed by atoms with Gasteiger partial charge in [-0.1, -0.05) is 0 Å². The van der Waals surface area contributed by atoms with E-state index in [2.05, 4.69) is 9.92 Å². The number of hydrogen-bond acceptors (Lipinski definition) is 5. The monoisotopic (exact) mass is 184 g/mol. The zero-order valence-electron chi connectivity index (χ0n) is 4.97.